The predicted molar refractivity (Wildman–Crippen MR) is 113 cm³/mol. The molecule has 142 valence electrons. The summed E-state index contributed by atoms with van der Waals surface area (Å²) in [5, 5.41) is 0. The van der Waals surface area contributed by atoms with Gasteiger partial charge in [0.05, 0.1) is 12.7 Å². The molecule has 0 amide bonds. The maximum atomic E-state index is 6.00. The van der Waals surface area contributed by atoms with Gasteiger partial charge in [-0.15, -0.1) is 0 Å². The molecule has 1 aliphatic rings. The highest BCUT2D eigenvalue weighted by Crippen LogP contribution is 2.25. The average molecular weight is 371 g/mol. The molecule has 0 saturated carbocycles. The lowest BCUT2D eigenvalue weighted by atomic mass is 10.1. The lowest BCUT2D eigenvalue weighted by Crippen LogP contribution is -2.34. The number of hydrogen-bond acceptors (Lipinski definition) is 3. The van der Waals surface area contributed by atoms with E-state index in [1.54, 1.807) is 0 Å². The van der Waals surface area contributed by atoms with Crippen LogP contribution in [-0.2, 0) is 11.3 Å². The molecule has 28 heavy (non-hydrogen) atoms. The first-order valence-electron chi connectivity index (χ1n) is 9.72. The minimum absolute atomic E-state index is 0.0809. The number of rotatable bonds is 6. The van der Waals surface area contributed by atoms with E-state index < -0.39 is 0 Å². The van der Waals surface area contributed by atoms with Gasteiger partial charge in [-0.05, 0) is 41.1 Å². The molecule has 0 unspecified atom stereocenters. The molecule has 0 N–H and O–H groups in total. The van der Waals surface area contributed by atoms with Crippen LogP contribution >= 0.6 is 0 Å². The van der Waals surface area contributed by atoms with Gasteiger partial charge in [-0.3, -0.25) is 0 Å². The van der Waals surface area contributed by atoms with Crippen LogP contribution in [0.15, 0.2) is 91.1 Å². The van der Waals surface area contributed by atoms with E-state index in [-0.39, 0.29) is 6.10 Å². The quantitative estimate of drug-likeness (QED) is 0.586. The Labute approximate surface area is 166 Å². The Balaban J connectivity index is 1.34. The third-order valence-corrected chi connectivity index (χ3v) is 4.88. The molecule has 0 bridgehead atoms. The molecule has 0 spiro atoms. The first kappa shape index (κ1) is 18.3. The number of nitrogens with zero attached hydrogens (tertiary/aromatic N) is 1. The van der Waals surface area contributed by atoms with Crippen molar-refractivity contribution in [2.45, 2.75) is 12.7 Å². The first-order chi connectivity index (χ1) is 13.9. The van der Waals surface area contributed by atoms with E-state index >= 15 is 0 Å². The van der Waals surface area contributed by atoms with E-state index in [2.05, 4.69) is 65.7 Å². The molecule has 0 aliphatic carbocycles. The zero-order chi connectivity index (χ0) is 19.0. The third-order valence-electron chi connectivity index (χ3n) is 4.88. The molecule has 0 radical (unpaired) electrons. The van der Waals surface area contributed by atoms with Crippen LogP contribution in [0.2, 0.25) is 0 Å². The molecular formula is C25H25NO2. The van der Waals surface area contributed by atoms with Crippen LogP contribution < -0.4 is 4.74 Å². The van der Waals surface area contributed by atoms with Crippen LogP contribution in [0.3, 0.4) is 0 Å². The van der Waals surface area contributed by atoms with Gasteiger partial charge in [-0.1, -0.05) is 72.8 Å². The fourth-order valence-corrected chi connectivity index (χ4v) is 3.28. The number of ether oxygens (including phenoxy) is 2. The Bertz CT molecular complexity index is 875. The van der Waals surface area contributed by atoms with Crippen LogP contribution in [0, 0.1) is 0 Å². The van der Waals surface area contributed by atoms with Gasteiger partial charge in [0.2, 0.25) is 0 Å². The van der Waals surface area contributed by atoms with Gasteiger partial charge in [-0.2, -0.15) is 0 Å². The molecule has 0 aromatic heterocycles. The summed E-state index contributed by atoms with van der Waals surface area (Å²) < 4.78 is 11.9. The van der Waals surface area contributed by atoms with E-state index in [1.165, 1.54) is 16.7 Å². The summed E-state index contributed by atoms with van der Waals surface area (Å²) in [6, 6.07) is 28.9. The predicted octanol–water partition coefficient (Wildman–Crippen LogP) is 5.31. The standard InChI is InChI=1S/C25H25NO2/c1-3-7-21(8-4-1)15-16-26-17-18-27-25(19-26)23-11-13-24(14-12-23)28-20-22-9-5-2-6-10-22/h1-16,25H,17-20H2/t25-/m0/s1. The number of benzene rings is 3. The van der Waals surface area contributed by atoms with Gasteiger partial charge in [0.1, 0.15) is 12.4 Å². The second-order valence-corrected chi connectivity index (χ2v) is 6.92. The topological polar surface area (TPSA) is 21.7 Å². The second kappa shape index (κ2) is 9.25. The molecule has 1 aliphatic heterocycles. The normalized spacial score (nSPS) is 17.0. The van der Waals surface area contributed by atoms with E-state index in [0.717, 1.165) is 25.4 Å². The smallest absolute Gasteiger partial charge is 0.119 e. The monoisotopic (exact) mass is 371 g/mol. The number of morpholine rings is 1. The molecule has 1 fully saturated rings. The first-order valence-corrected chi connectivity index (χ1v) is 9.72. The van der Waals surface area contributed by atoms with E-state index in [0.29, 0.717) is 6.61 Å². The van der Waals surface area contributed by atoms with Gasteiger partial charge in [-0.25, -0.2) is 0 Å². The summed E-state index contributed by atoms with van der Waals surface area (Å²) in [4.78, 5) is 2.32. The summed E-state index contributed by atoms with van der Waals surface area (Å²) >= 11 is 0. The van der Waals surface area contributed by atoms with Crippen molar-refractivity contribution in [2.24, 2.45) is 0 Å². The van der Waals surface area contributed by atoms with Crippen molar-refractivity contribution < 1.29 is 9.47 Å². The van der Waals surface area contributed by atoms with Gasteiger partial charge >= 0.3 is 0 Å². The van der Waals surface area contributed by atoms with Crippen LogP contribution in [0.4, 0.5) is 0 Å². The van der Waals surface area contributed by atoms with Crippen LogP contribution in [0.1, 0.15) is 22.8 Å². The molecule has 4 rings (SSSR count). The Morgan fingerprint density at radius 1 is 0.893 bits per heavy atom. The third kappa shape index (κ3) is 5.02. The highest BCUT2D eigenvalue weighted by Gasteiger charge is 2.20. The minimum Gasteiger partial charge on any atom is -0.489 e. The van der Waals surface area contributed by atoms with Gasteiger partial charge in [0, 0.05) is 13.1 Å². The van der Waals surface area contributed by atoms with Gasteiger partial charge in [0.25, 0.3) is 0 Å². The highest BCUT2D eigenvalue weighted by atomic mass is 16.5. The van der Waals surface area contributed by atoms with Gasteiger partial charge < -0.3 is 14.4 Å². The summed E-state index contributed by atoms with van der Waals surface area (Å²) in [5.41, 5.74) is 3.57. The van der Waals surface area contributed by atoms with Crippen molar-refractivity contribution >= 4 is 6.08 Å². The van der Waals surface area contributed by atoms with Crippen molar-refractivity contribution in [3.05, 3.63) is 108 Å². The lowest BCUT2D eigenvalue weighted by Gasteiger charge is -2.32. The zero-order valence-electron chi connectivity index (χ0n) is 15.9. The molecule has 3 heteroatoms. The highest BCUT2D eigenvalue weighted by molar-refractivity contribution is 5.48. The molecule has 1 heterocycles. The van der Waals surface area contributed by atoms with Crippen molar-refractivity contribution in [1.29, 1.82) is 0 Å². The minimum atomic E-state index is 0.0809. The number of hydrogen-bond donors (Lipinski definition) is 0. The van der Waals surface area contributed by atoms with E-state index in [4.69, 9.17) is 9.47 Å². The molecule has 1 saturated heterocycles. The summed E-state index contributed by atoms with van der Waals surface area (Å²) in [7, 11) is 0. The molecule has 3 nitrogen and oxygen atoms in total. The average Bonchev–Trinajstić information content (AvgIpc) is 2.78. The molecule has 1 atom stereocenters. The Morgan fingerprint density at radius 3 is 2.36 bits per heavy atom. The van der Waals surface area contributed by atoms with Crippen LogP contribution in [-0.4, -0.2) is 24.6 Å². The van der Waals surface area contributed by atoms with Crippen LogP contribution in [0.5, 0.6) is 5.75 Å². The Morgan fingerprint density at radius 2 is 1.61 bits per heavy atom. The zero-order valence-corrected chi connectivity index (χ0v) is 15.9. The van der Waals surface area contributed by atoms with Crippen molar-refractivity contribution in [3.63, 3.8) is 0 Å². The summed E-state index contributed by atoms with van der Waals surface area (Å²) in [6.45, 7) is 3.08. The largest absolute Gasteiger partial charge is 0.489 e. The summed E-state index contributed by atoms with van der Waals surface area (Å²) in [5.74, 6) is 0.879. The summed E-state index contributed by atoms with van der Waals surface area (Å²) in [6.07, 6.45) is 4.41. The van der Waals surface area contributed by atoms with Crippen molar-refractivity contribution in [1.82, 2.24) is 4.90 Å². The Kier molecular flexibility index (Phi) is 6.05. The molecular weight excluding hydrogens is 346 g/mol. The lowest BCUT2D eigenvalue weighted by molar-refractivity contribution is -0.0135. The van der Waals surface area contributed by atoms with Crippen molar-refractivity contribution in [2.75, 3.05) is 19.7 Å². The van der Waals surface area contributed by atoms with Gasteiger partial charge in [0.15, 0.2) is 0 Å². The molecule has 3 aromatic carbocycles. The fraction of sp³-hybridized carbons (Fsp3) is 0.200. The van der Waals surface area contributed by atoms with E-state index in [1.807, 2.05) is 36.4 Å². The molecule has 3 aromatic rings. The Hall–Kier alpha value is -3.04. The SMILES string of the molecule is C(=CN1CCO[C@H](c2ccc(OCc3ccccc3)cc2)C1)c1ccccc1. The fourth-order valence-electron chi connectivity index (χ4n) is 3.28. The maximum absolute atomic E-state index is 6.00. The van der Waals surface area contributed by atoms with E-state index in [9.17, 15) is 0 Å². The maximum Gasteiger partial charge on any atom is 0.119 e. The second-order valence-electron chi connectivity index (χ2n) is 6.92. The van der Waals surface area contributed by atoms with Crippen molar-refractivity contribution in [3.8, 4) is 5.75 Å². The van der Waals surface area contributed by atoms with Crippen LogP contribution in [0.25, 0.3) is 6.08 Å².